The average Bonchev–Trinajstić information content (AvgIpc) is 3.49. The molecule has 240 valence electrons. The summed E-state index contributed by atoms with van der Waals surface area (Å²) in [5.74, 6) is -1.21. The van der Waals surface area contributed by atoms with Crippen LogP contribution in [0.5, 0.6) is 0 Å². The fraction of sp³-hybridized carbons (Fsp3) is 0.184. The normalized spacial score (nSPS) is 13.5. The Labute approximate surface area is 281 Å². The number of rotatable bonds is 8. The molecule has 48 heavy (non-hydrogen) atoms. The van der Waals surface area contributed by atoms with Crippen LogP contribution in [0, 0.1) is 0 Å². The molecule has 1 saturated carbocycles. The molecule has 4 aromatic carbocycles. The highest BCUT2D eigenvalue weighted by molar-refractivity contribution is 6.30. The molecule has 0 radical (unpaired) electrons. The molecule has 6 aromatic rings. The number of imidazole rings is 1. The third-order valence-electron chi connectivity index (χ3n) is 8.96. The maximum absolute atomic E-state index is 12.9. The minimum absolute atomic E-state index is 0.213. The minimum atomic E-state index is -0.978. The molecule has 1 fully saturated rings. The van der Waals surface area contributed by atoms with Crippen LogP contribution < -0.4 is 11.1 Å². The Morgan fingerprint density at radius 3 is 2.29 bits per heavy atom. The number of carbonyl (C=O) groups excluding carboxylic acids is 2. The summed E-state index contributed by atoms with van der Waals surface area (Å²) in [5, 5.41) is 13.7. The number of aromatic nitrogens is 3. The Hall–Kier alpha value is -5.54. The van der Waals surface area contributed by atoms with E-state index in [4.69, 9.17) is 27.3 Å². The number of carboxylic acids is 1. The molecule has 10 heteroatoms. The van der Waals surface area contributed by atoms with Gasteiger partial charge in [0.15, 0.2) is 0 Å². The van der Waals surface area contributed by atoms with E-state index < -0.39 is 17.8 Å². The maximum atomic E-state index is 12.9. The highest BCUT2D eigenvalue weighted by Crippen LogP contribution is 2.38. The molecule has 1 aliphatic rings. The van der Waals surface area contributed by atoms with Crippen LogP contribution in [-0.2, 0) is 4.79 Å². The van der Waals surface area contributed by atoms with Crippen molar-refractivity contribution in [2.75, 3.05) is 6.54 Å². The van der Waals surface area contributed by atoms with Gasteiger partial charge in [-0.3, -0.25) is 9.59 Å². The smallest absolute Gasteiger partial charge is 0.335 e. The molecule has 0 bridgehead atoms. The summed E-state index contributed by atoms with van der Waals surface area (Å²) >= 11 is 6.17. The first kappa shape index (κ1) is 31.1. The van der Waals surface area contributed by atoms with Crippen molar-refractivity contribution in [2.24, 2.45) is 5.73 Å². The minimum Gasteiger partial charge on any atom is -0.478 e. The molecule has 0 spiro atoms. The number of nitrogens with zero attached hydrogens (tertiary/aromatic N) is 3. The molecule has 7 rings (SSSR count). The fourth-order valence-electron chi connectivity index (χ4n) is 6.61. The van der Waals surface area contributed by atoms with Gasteiger partial charge in [0.1, 0.15) is 5.82 Å². The number of pyridine rings is 1. The molecule has 1 aliphatic carbocycles. The number of nitrogens with one attached hydrogen (secondary N) is 1. The Kier molecular flexibility index (Phi) is 8.37. The summed E-state index contributed by atoms with van der Waals surface area (Å²) in [6, 6.07) is 28.2. The van der Waals surface area contributed by atoms with E-state index in [0.29, 0.717) is 21.8 Å². The Morgan fingerprint density at radius 1 is 0.792 bits per heavy atom. The van der Waals surface area contributed by atoms with Crippen LogP contribution in [0.15, 0.2) is 91.0 Å². The van der Waals surface area contributed by atoms with Gasteiger partial charge in [-0.25, -0.2) is 14.8 Å². The zero-order valence-corrected chi connectivity index (χ0v) is 26.7. The number of hydrogen-bond donors (Lipinski definition) is 3. The number of fused-ring (bicyclic) bond motifs is 2. The van der Waals surface area contributed by atoms with Crippen molar-refractivity contribution >= 4 is 51.3 Å². The van der Waals surface area contributed by atoms with Crippen LogP contribution in [0.25, 0.3) is 55.7 Å². The molecule has 2 aromatic heterocycles. The lowest BCUT2D eigenvalue weighted by Crippen LogP contribution is -2.33. The Bertz CT molecular complexity index is 2220. The summed E-state index contributed by atoms with van der Waals surface area (Å²) in [4.78, 5) is 45.9. The predicted octanol–water partition coefficient (Wildman–Crippen LogP) is 7.66. The van der Waals surface area contributed by atoms with Crippen molar-refractivity contribution < 1.29 is 19.5 Å². The number of carbonyl (C=O) groups is 3. The fourth-order valence-corrected chi connectivity index (χ4v) is 6.73. The number of aromatic carboxylic acids is 1. The van der Waals surface area contributed by atoms with E-state index in [1.165, 1.54) is 6.42 Å². The molecule has 9 nitrogen and oxygen atoms in total. The van der Waals surface area contributed by atoms with Gasteiger partial charge >= 0.3 is 5.97 Å². The summed E-state index contributed by atoms with van der Waals surface area (Å²) in [6.45, 7) is -0.265. The van der Waals surface area contributed by atoms with Gasteiger partial charge in [-0.2, -0.15) is 0 Å². The zero-order valence-electron chi connectivity index (χ0n) is 25.9. The van der Waals surface area contributed by atoms with Crippen molar-refractivity contribution in [1.82, 2.24) is 19.9 Å². The number of carboxylic acid groups (broad SMARTS) is 1. The van der Waals surface area contributed by atoms with Crippen molar-refractivity contribution in [3.63, 3.8) is 0 Å². The van der Waals surface area contributed by atoms with Gasteiger partial charge in [0.25, 0.3) is 5.91 Å². The number of hydrogen-bond acceptors (Lipinski definition) is 5. The van der Waals surface area contributed by atoms with Gasteiger partial charge in [-0.1, -0.05) is 55.1 Å². The van der Waals surface area contributed by atoms with Crippen molar-refractivity contribution in [1.29, 1.82) is 0 Å². The first-order valence-corrected chi connectivity index (χ1v) is 16.3. The van der Waals surface area contributed by atoms with Gasteiger partial charge in [0.05, 0.1) is 34.4 Å². The maximum Gasteiger partial charge on any atom is 0.335 e. The van der Waals surface area contributed by atoms with E-state index in [-0.39, 0.29) is 18.2 Å². The third-order valence-corrected chi connectivity index (χ3v) is 9.21. The lowest BCUT2D eigenvalue weighted by Gasteiger charge is -2.25. The standard InChI is InChI=1S/C38H32ClN5O4/c39-27-12-6-22(7-13-27)29-14-8-25(37(46)41-21-35(40)45)19-30(29)32-16-9-23-18-24(10-15-31(23)42-32)36-43-33-20-26(38(47)48)11-17-34(33)44(36)28-4-2-1-3-5-28/h6-20,28H,1-5,21H2,(H2,40,45)(H,41,46)(H,47,48). The molecular weight excluding hydrogens is 626 g/mol. The van der Waals surface area contributed by atoms with Gasteiger partial charge in [-0.15, -0.1) is 0 Å². The number of benzene rings is 4. The van der Waals surface area contributed by atoms with E-state index in [1.54, 1.807) is 24.3 Å². The molecule has 0 atom stereocenters. The topological polar surface area (TPSA) is 140 Å². The monoisotopic (exact) mass is 657 g/mol. The number of nitrogens with two attached hydrogens (primary N) is 1. The van der Waals surface area contributed by atoms with Crippen LogP contribution in [0.1, 0.15) is 58.9 Å². The SMILES string of the molecule is NC(=O)CNC(=O)c1ccc(-c2ccc(Cl)cc2)c(-c2ccc3cc(-c4nc5cc(C(=O)O)ccc5n4C4CCCCC4)ccc3n2)c1. The van der Waals surface area contributed by atoms with Crippen LogP contribution in [0.3, 0.4) is 0 Å². The first-order valence-electron chi connectivity index (χ1n) is 15.9. The van der Waals surface area contributed by atoms with E-state index in [2.05, 4.69) is 16.0 Å². The van der Waals surface area contributed by atoms with E-state index in [0.717, 1.165) is 70.2 Å². The largest absolute Gasteiger partial charge is 0.478 e. The summed E-state index contributed by atoms with van der Waals surface area (Å²) < 4.78 is 2.29. The van der Waals surface area contributed by atoms with Gasteiger partial charge in [-0.05, 0) is 90.7 Å². The average molecular weight is 658 g/mol. The predicted molar refractivity (Wildman–Crippen MR) is 187 cm³/mol. The zero-order chi connectivity index (χ0) is 33.4. The summed E-state index contributed by atoms with van der Waals surface area (Å²) in [7, 11) is 0. The lowest BCUT2D eigenvalue weighted by atomic mass is 9.94. The van der Waals surface area contributed by atoms with Gasteiger partial charge in [0, 0.05) is 33.1 Å². The number of amides is 2. The molecular formula is C38H32ClN5O4. The first-order chi connectivity index (χ1) is 23.2. The molecule has 2 heterocycles. The van der Waals surface area contributed by atoms with Crippen LogP contribution in [0.4, 0.5) is 0 Å². The van der Waals surface area contributed by atoms with Crippen molar-refractivity contribution in [3.8, 4) is 33.8 Å². The number of primary amides is 1. The molecule has 0 saturated heterocycles. The third kappa shape index (κ3) is 6.12. The Balaban J connectivity index is 1.31. The Morgan fingerprint density at radius 2 is 1.54 bits per heavy atom. The van der Waals surface area contributed by atoms with Crippen molar-refractivity contribution in [3.05, 3.63) is 107 Å². The second-order valence-electron chi connectivity index (χ2n) is 12.1. The van der Waals surface area contributed by atoms with Crippen LogP contribution in [-0.4, -0.2) is 44.0 Å². The summed E-state index contributed by atoms with van der Waals surface area (Å²) in [5.41, 5.74) is 12.3. The second kappa shape index (κ2) is 12.9. The highest BCUT2D eigenvalue weighted by Gasteiger charge is 2.23. The second-order valence-corrected chi connectivity index (χ2v) is 12.6. The lowest BCUT2D eigenvalue weighted by molar-refractivity contribution is -0.117. The summed E-state index contributed by atoms with van der Waals surface area (Å²) in [6.07, 6.45) is 5.60. The van der Waals surface area contributed by atoms with E-state index in [1.807, 2.05) is 60.7 Å². The molecule has 4 N–H and O–H groups in total. The molecule has 0 aliphatic heterocycles. The van der Waals surface area contributed by atoms with Gasteiger partial charge < -0.3 is 20.7 Å². The van der Waals surface area contributed by atoms with Crippen molar-refractivity contribution in [2.45, 2.75) is 38.1 Å². The number of halogens is 1. The van der Waals surface area contributed by atoms with Crippen LogP contribution in [0.2, 0.25) is 5.02 Å². The highest BCUT2D eigenvalue weighted by atomic mass is 35.5. The van der Waals surface area contributed by atoms with E-state index >= 15 is 0 Å². The quantitative estimate of drug-likeness (QED) is 0.154. The molecule has 2 amide bonds. The van der Waals surface area contributed by atoms with E-state index in [9.17, 15) is 19.5 Å². The van der Waals surface area contributed by atoms with Crippen LogP contribution >= 0.6 is 11.6 Å². The molecule has 0 unspecified atom stereocenters. The van der Waals surface area contributed by atoms with Gasteiger partial charge in [0.2, 0.25) is 5.91 Å².